The normalized spacial score (nSPS) is 14.8. The Hall–Kier alpha value is -2.33. The Morgan fingerprint density at radius 3 is 2.48 bits per heavy atom. The fourth-order valence-electron chi connectivity index (χ4n) is 3.23. The number of rotatable bonds is 8. The molecule has 0 saturated carbocycles. The number of methoxy groups -OCH3 is 2. The maximum absolute atomic E-state index is 12.9. The van der Waals surface area contributed by atoms with Gasteiger partial charge in [0.2, 0.25) is 10.0 Å². The highest BCUT2D eigenvalue weighted by molar-refractivity contribution is 7.89. The topological polar surface area (TPSA) is 94.2 Å². The summed E-state index contributed by atoms with van der Waals surface area (Å²) in [5, 5.41) is 2.97. The lowest BCUT2D eigenvalue weighted by atomic mass is 10.1. The van der Waals surface area contributed by atoms with E-state index in [1.54, 1.807) is 20.3 Å². The van der Waals surface area contributed by atoms with Crippen molar-refractivity contribution in [3.05, 3.63) is 52.5 Å². The van der Waals surface area contributed by atoms with Gasteiger partial charge < -0.3 is 19.5 Å². The van der Waals surface area contributed by atoms with E-state index in [2.05, 4.69) is 5.32 Å². The van der Waals surface area contributed by atoms with Gasteiger partial charge in [-0.25, -0.2) is 8.42 Å². The molecule has 0 spiro atoms. The van der Waals surface area contributed by atoms with Crippen molar-refractivity contribution in [1.82, 2.24) is 9.62 Å². The van der Waals surface area contributed by atoms with Crippen LogP contribution in [0.5, 0.6) is 11.5 Å². The van der Waals surface area contributed by atoms with E-state index in [0.717, 1.165) is 5.56 Å². The number of carbonyl (C=O) groups excluding carboxylic acids is 1. The first-order valence-electron chi connectivity index (χ1n) is 9.73. The SMILES string of the molecule is COc1ccc(CCNC(=O)c2cc(S(=O)(=O)N3CCOCC3)ccc2Cl)cc1OC. The average molecular weight is 469 g/mol. The second kappa shape index (κ2) is 10.3. The molecule has 1 N–H and O–H groups in total. The molecule has 1 heterocycles. The molecule has 8 nitrogen and oxygen atoms in total. The average Bonchev–Trinajstić information content (AvgIpc) is 2.79. The zero-order chi connectivity index (χ0) is 22.4. The molecule has 2 aromatic carbocycles. The molecule has 1 aliphatic rings. The van der Waals surface area contributed by atoms with Crippen LogP contribution in [0.3, 0.4) is 0 Å². The quantitative estimate of drug-likeness (QED) is 0.639. The van der Waals surface area contributed by atoms with Crippen molar-refractivity contribution in [1.29, 1.82) is 0 Å². The van der Waals surface area contributed by atoms with Gasteiger partial charge in [0.15, 0.2) is 11.5 Å². The van der Waals surface area contributed by atoms with Gasteiger partial charge in [-0.05, 0) is 42.3 Å². The zero-order valence-electron chi connectivity index (χ0n) is 17.4. The predicted octanol–water partition coefficient (Wildman–Crippen LogP) is 2.35. The number of halogens is 1. The first-order chi connectivity index (χ1) is 14.9. The van der Waals surface area contributed by atoms with Crippen LogP contribution < -0.4 is 14.8 Å². The molecule has 10 heteroatoms. The van der Waals surface area contributed by atoms with Crippen LogP contribution in [0.4, 0.5) is 0 Å². The molecule has 3 rings (SSSR count). The van der Waals surface area contributed by atoms with E-state index in [9.17, 15) is 13.2 Å². The molecule has 1 amide bonds. The second-order valence-corrected chi connectivity index (χ2v) is 9.20. The van der Waals surface area contributed by atoms with Crippen LogP contribution in [0.2, 0.25) is 5.02 Å². The largest absolute Gasteiger partial charge is 0.493 e. The van der Waals surface area contributed by atoms with E-state index in [1.165, 1.54) is 22.5 Å². The predicted molar refractivity (Wildman–Crippen MR) is 117 cm³/mol. The van der Waals surface area contributed by atoms with Crippen molar-refractivity contribution in [2.75, 3.05) is 47.1 Å². The third-order valence-electron chi connectivity index (χ3n) is 4.94. The standard InChI is InChI=1S/C21H25ClN2O6S/c1-28-19-6-3-15(13-20(19)29-2)7-8-23-21(25)17-14-16(4-5-18(17)22)31(26,27)24-9-11-30-12-10-24/h3-6,13-14H,7-12H2,1-2H3,(H,23,25). The van der Waals surface area contributed by atoms with E-state index in [1.807, 2.05) is 12.1 Å². The monoisotopic (exact) mass is 468 g/mol. The Morgan fingerprint density at radius 2 is 1.81 bits per heavy atom. The molecule has 1 saturated heterocycles. The van der Waals surface area contributed by atoms with Gasteiger partial charge >= 0.3 is 0 Å². The summed E-state index contributed by atoms with van der Waals surface area (Å²) in [4.78, 5) is 12.7. The summed E-state index contributed by atoms with van der Waals surface area (Å²) in [7, 11) is -0.600. The summed E-state index contributed by atoms with van der Waals surface area (Å²) >= 11 is 6.18. The van der Waals surface area contributed by atoms with Crippen LogP contribution in [0.15, 0.2) is 41.3 Å². The maximum Gasteiger partial charge on any atom is 0.252 e. The lowest BCUT2D eigenvalue weighted by Gasteiger charge is -2.26. The van der Waals surface area contributed by atoms with E-state index >= 15 is 0 Å². The highest BCUT2D eigenvalue weighted by Crippen LogP contribution is 2.28. The Morgan fingerprint density at radius 1 is 1.10 bits per heavy atom. The van der Waals surface area contributed by atoms with Gasteiger partial charge in [0.25, 0.3) is 5.91 Å². The van der Waals surface area contributed by atoms with Crippen molar-refractivity contribution in [2.24, 2.45) is 0 Å². The Balaban J connectivity index is 1.68. The lowest BCUT2D eigenvalue weighted by molar-refractivity contribution is 0.0730. The molecule has 0 unspecified atom stereocenters. The number of hydrogen-bond acceptors (Lipinski definition) is 6. The molecule has 2 aromatic rings. The molecule has 0 atom stereocenters. The summed E-state index contributed by atoms with van der Waals surface area (Å²) in [6.45, 7) is 1.58. The lowest BCUT2D eigenvalue weighted by Crippen LogP contribution is -2.40. The first kappa shape index (κ1) is 23.3. The highest BCUT2D eigenvalue weighted by Gasteiger charge is 2.27. The summed E-state index contributed by atoms with van der Waals surface area (Å²) in [5.41, 5.74) is 1.07. The van der Waals surface area contributed by atoms with Gasteiger partial charge in [-0.15, -0.1) is 0 Å². The smallest absolute Gasteiger partial charge is 0.252 e. The Labute approximate surface area is 187 Å². The summed E-state index contributed by atoms with van der Waals surface area (Å²) in [6, 6.07) is 9.68. The molecule has 0 bridgehead atoms. The number of ether oxygens (including phenoxy) is 3. The van der Waals surface area contributed by atoms with Crippen molar-refractivity contribution >= 4 is 27.5 Å². The molecule has 1 aliphatic heterocycles. The highest BCUT2D eigenvalue weighted by atomic mass is 35.5. The van der Waals surface area contributed by atoms with Gasteiger partial charge in [-0.3, -0.25) is 4.79 Å². The molecule has 0 aromatic heterocycles. The minimum atomic E-state index is -3.72. The van der Waals surface area contributed by atoms with Gasteiger partial charge in [-0.1, -0.05) is 17.7 Å². The maximum atomic E-state index is 12.9. The fourth-order valence-corrected chi connectivity index (χ4v) is 4.86. The number of sulfonamides is 1. The third kappa shape index (κ3) is 5.48. The minimum absolute atomic E-state index is 0.0313. The van der Waals surface area contributed by atoms with Gasteiger partial charge in [0.1, 0.15) is 0 Å². The second-order valence-electron chi connectivity index (χ2n) is 6.85. The number of hydrogen-bond donors (Lipinski definition) is 1. The summed E-state index contributed by atoms with van der Waals surface area (Å²) < 4.78 is 42.8. The van der Waals surface area contributed by atoms with Crippen LogP contribution in [0.1, 0.15) is 15.9 Å². The van der Waals surface area contributed by atoms with E-state index < -0.39 is 15.9 Å². The van der Waals surface area contributed by atoms with Crippen LogP contribution in [-0.4, -0.2) is 65.7 Å². The van der Waals surface area contributed by atoms with Crippen molar-refractivity contribution < 1.29 is 27.4 Å². The number of amides is 1. The van der Waals surface area contributed by atoms with Crippen LogP contribution in [0.25, 0.3) is 0 Å². The van der Waals surface area contributed by atoms with Gasteiger partial charge in [0, 0.05) is 19.6 Å². The number of benzene rings is 2. The Kier molecular flexibility index (Phi) is 7.77. The summed E-state index contributed by atoms with van der Waals surface area (Å²) in [6.07, 6.45) is 0.551. The van der Waals surface area contributed by atoms with Crippen molar-refractivity contribution in [3.8, 4) is 11.5 Å². The van der Waals surface area contributed by atoms with Crippen LogP contribution >= 0.6 is 11.6 Å². The van der Waals surface area contributed by atoms with Gasteiger partial charge in [-0.2, -0.15) is 4.31 Å². The van der Waals surface area contributed by atoms with Crippen LogP contribution in [0, 0.1) is 0 Å². The fraction of sp³-hybridized carbons (Fsp3) is 0.381. The van der Waals surface area contributed by atoms with Crippen molar-refractivity contribution in [3.63, 3.8) is 0 Å². The first-order valence-corrected chi connectivity index (χ1v) is 11.5. The number of nitrogens with zero attached hydrogens (tertiary/aromatic N) is 1. The zero-order valence-corrected chi connectivity index (χ0v) is 19.0. The Bertz CT molecular complexity index is 1040. The number of carbonyl (C=O) groups is 1. The number of nitrogens with one attached hydrogen (secondary N) is 1. The third-order valence-corrected chi connectivity index (χ3v) is 7.16. The molecule has 0 aliphatic carbocycles. The van der Waals surface area contributed by atoms with E-state index in [4.69, 9.17) is 25.8 Å². The van der Waals surface area contributed by atoms with Crippen LogP contribution in [-0.2, 0) is 21.2 Å². The summed E-state index contributed by atoms with van der Waals surface area (Å²) in [5.74, 6) is 0.792. The number of morpholine rings is 1. The molecular formula is C21H25ClN2O6S. The molecule has 168 valence electrons. The van der Waals surface area contributed by atoms with E-state index in [-0.39, 0.29) is 28.6 Å². The molecular weight excluding hydrogens is 444 g/mol. The van der Waals surface area contributed by atoms with Crippen molar-refractivity contribution in [2.45, 2.75) is 11.3 Å². The molecule has 1 fully saturated rings. The van der Waals surface area contributed by atoms with E-state index in [0.29, 0.717) is 37.7 Å². The van der Waals surface area contributed by atoms with Gasteiger partial charge in [0.05, 0.1) is 42.9 Å². The minimum Gasteiger partial charge on any atom is -0.493 e. The molecule has 31 heavy (non-hydrogen) atoms. The molecule has 0 radical (unpaired) electrons.